The second-order valence-electron chi connectivity index (χ2n) is 4.27. The first-order chi connectivity index (χ1) is 8.36. The highest BCUT2D eigenvalue weighted by atomic mass is 32.2. The van der Waals surface area contributed by atoms with Gasteiger partial charge in [-0.1, -0.05) is 13.0 Å². The third-order valence-corrected chi connectivity index (χ3v) is 4.26. The molecule has 6 heteroatoms. The third-order valence-electron chi connectivity index (χ3n) is 2.80. The van der Waals surface area contributed by atoms with E-state index in [0.717, 1.165) is 5.56 Å². The topological polar surface area (TPSA) is 92.4 Å². The van der Waals surface area contributed by atoms with E-state index in [1.165, 1.54) is 12.1 Å². The Morgan fingerprint density at radius 1 is 1.44 bits per heavy atom. The smallest absolute Gasteiger partial charge is 0.240 e. The van der Waals surface area contributed by atoms with Crippen molar-refractivity contribution in [3.8, 4) is 0 Å². The molecule has 102 valence electrons. The van der Waals surface area contributed by atoms with Crippen molar-refractivity contribution in [1.82, 2.24) is 4.72 Å². The number of sulfonamides is 1. The van der Waals surface area contributed by atoms with Gasteiger partial charge >= 0.3 is 0 Å². The van der Waals surface area contributed by atoms with Gasteiger partial charge in [-0.15, -0.1) is 0 Å². The van der Waals surface area contributed by atoms with E-state index in [0.29, 0.717) is 18.5 Å². The Hall–Kier alpha value is -1.11. The van der Waals surface area contributed by atoms with E-state index >= 15 is 0 Å². The average Bonchev–Trinajstić information content (AvgIpc) is 2.32. The van der Waals surface area contributed by atoms with Gasteiger partial charge in [-0.05, 0) is 37.5 Å². The summed E-state index contributed by atoms with van der Waals surface area (Å²) in [6, 6.07) is 4.63. The number of nitrogens with one attached hydrogen (secondary N) is 1. The van der Waals surface area contributed by atoms with Crippen molar-refractivity contribution in [1.29, 1.82) is 0 Å². The zero-order valence-corrected chi connectivity index (χ0v) is 11.5. The summed E-state index contributed by atoms with van der Waals surface area (Å²) in [5.74, 6) is 0. The number of benzene rings is 1. The van der Waals surface area contributed by atoms with E-state index in [1.54, 1.807) is 6.07 Å². The molecule has 0 aliphatic heterocycles. The summed E-state index contributed by atoms with van der Waals surface area (Å²) in [4.78, 5) is 0.150. The van der Waals surface area contributed by atoms with Gasteiger partial charge < -0.3 is 10.8 Å². The number of nitrogens with two attached hydrogens (primary N) is 1. The molecule has 1 unspecified atom stereocenters. The number of rotatable bonds is 6. The molecule has 0 saturated heterocycles. The van der Waals surface area contributed by atoms with Gasteiger partial charge in [0.25, 0.3) is 0 Å². The number of anilines is 1. The van der Waals surface area contributed by atoms with Crippen LogP contribution in [0.15, 0.2) is 23.1 Å². The Morgan fingerprint density at radius 3 is 2.67 bits per heavy atom. The summed E-state index contributed by atoms with van der Waals surface area (Å²) in [5, 5.41) is 9.35. The van der Waals surface area contributed by atoms with Crippen molar-refractivity contribution in [2.75, 3.05) is 12.3 Å². The van der Waals surface area contributed by atoms with Crippen molar-refractivity contribution in [2.24, 2.45) is 0 Å². The quantitative estimate of drug-likeness (QED) is 0.674. The van der Waals surface area contributed by atoms with E-state index in [-0.39, 0.29) is 11.4 Å². The molecule has 5 nitrogen and oxygen atoms in total. The molecule has 0 saturated carbocycles. The lowest BCUT2D eigenvalue weighted by molar-refractivity contribution is 0.162. The van der Waals surface area contributed by atoms with Crippen LogP contribution in [0, 0.1) is 6.92 Å². The summed E-state index contributed by atoms with van der Waals surface area (Å²) >= 11 is 0. The van der Waals surface area contributed by atoms with Crippen LogP contribution < -0.4 is 10.5 Å². The van der Waals surface area contributed by atoms with Gasteiger partial charge in [-0.25, -0.2) is 13.1 Å². The predicted octanol–water partition coefficient (Wildman–Crippen LogP) is 1.02. The van der Waals surface area contributed by atoms with E-state index < -0.39 is 16.1 Å². The number of aliphatic hydroxyl groups is 1. The highest BCUT2D eigenvalue weighted by Crippen LogP contribution is 2.16. The molecule has 0 amide bonds. The van der Waals surface area contributed by atoms with Crippen LogP contribution in [-0.2, 0) is 10.0 Å². The van der Waals surface area contributed by atoms with Crippen LogP contribution >= 0.6 is 0 Å². The first-order valence-electron chi connectivity index (χ1n) is 5.90. The van der Waals surface area contributed by atoms with Gasteiger partial charge in [0.05, 0.1) is 11.0 Å². The summed E-state index contributed by atoms with van der Waals surface area (Å²) in [6.45, 7) is 3.88. The molecule has 0 aliphatic carbocycles. The number of hydrogen-bond acceptors (Lipinski definition) is 4. The molecule has 4 N–H and O–H groups in total. The average molecular weight is 272 g/mol. The maximum atomic E-state index is 11.9. The van der Waals surface area contributed by atoms with Gasteiger partial charge in [-0.3, -0.25) is 0 Å². The third kappa shape index (κ3) is 3.97. The molecule has 18 heavy (non-hydrogen) atoms. The molecular formula is C12H20N2O3S. The molecule has 1 atom stereocenters. The molecule has 0 fully saturated rings. The van der Waals surface area contributed by atoms with Crippen molar-refractivity contribution in [2.45, 2.75) is 37.7 Å². The lowest BCUT2D eigenvalue weighted by Crippen LogP contribution is -2.27. The number of aryl methyl sites for hydroxylation is 1. The minimum Gasteiger partial charge on any atom is -0.398 e. The number of hydrogen-bond donors (Lipinski definition) is 3. The summed E-state index contributed by atoms with van der Waals surface area (Å²) in [6.07, 6.45) is 0.534. The van der Waals surface area contributed by atoms with Gasteiger partial charge in [0, 0.05) is 12.2 Å². The lowest BCUT2D eigenvalue weighted by Gasteiger charge is -2.10. The van der Waals surface area contributed by atoms with Crippen LogP contribution in [0.1, 0.15) is 25.3 Å². The Morgan fingerprint density at radius 2 is 2.11 bits per heavy atom. The second-order valence-corrected chi connectivity index (χ2v) is 6.03. The first-order valence-corrected chi connectivity index (χ1v) is 7.39. The van der Waals surface area contributed by atoms with E-state index in [4.69, 9.17) is 5.73 Å². The van der Waals surface area contributed by atoms with Crippen molar-refractivity contribution < 1.29 is 13.5 Å². The van der Waals surface area contributed by atoms with Crippen molar-refractivity contribution >= 4 is 15.7 Å². The monoisotopic (exact) mass is 272 g/mol. The van der Waals surface area contributed by atoms with Crippen LogP contribution in [0.3, 0.4) is 0 Å². The molecule has 1 aromatic carbocycles. The fourth-order valence-corrected chi connectivity index (χ4v) is 2.52. The fraction of sp³-hybridized carbons (Fsp3) is 0.500. The van der Waals surface area contributed by atoms with Gasteiger partial charge in [0.1, 0.15) is 0 Å². The normalized spacial score (nSPS) is 13.5. The molecule has 1 aromatic rings. The van der Waals surface area contributed by atoms with Crippen LogP contribution in [0.5, 0.6) is 0 Å². The lowest BCUT2D eigenvalue weighted by atomic mass is 10.2. The molecule has 0 aromatic heterocycles. The Bertz CT molecular complexity index is 500. The molecule has 1 rings (SSSR count). The van der Waals surface area contributed by atoms with E-state index in [9.17, 15) is 13.5 Å². The molecule has 0 spiro atoms. The molecular weight excluding hydrogens is 252 g/mol. The van der Waals surface area contributed by atoms with Crippen LogP contribution in [0.2, 0.25) is 0 Å². The summed E-state index contributed by atoms with van der Waals surface area (Å²) < 4.78 is 26.3. The van der Waals surface area contributed by atoms with Crippen molar-refractivity contribution in [3.05, 3.63) is 23.8 Å². The van der Waals surface area contributed by atoms with E-state index in [2.05, 4.69) is 4.72 Å². The SMILES string of the molecule is CCC(O)CCNS(=O)(=O)c1ccc(C)c(N)c1. The summed E-state index contributed by atoms with van der Waals surface area (Å²) in [7, 11) is -3.54. The van der Waals surface area contributed by atoms with Gasteiger partial charge in [0.2, 0.25) is 10.0 Å². The van der Waals surface area contributed by atoms with Crippen LogP contribution in [-0.4, -0.2) is 26.2 Å². The highest BCUT2D eigenvalue weighted by Gasteiger charge is 2.14. The van der Waals surface area contributed by atoms with Gasteiger partial charge in [-0.2, -0.15) is 0 Å². The van der Waals surface area contributed by atoms with Crippen molar-refractivity contribution in [3.63, 3.8) is 0 Å². The number of nitrogen functional groups attached to an aromatic ring is 1. The summed E-state index contributed by atoms with van der Waals surface area (Å²) in [5.41, 5.74) is 6.98. The minimum atomic E-state index is -3.54. The van der Waals surface area contributed by atoms with Gasteiger partial charge in [0.15, 0.2) is 0 Å². The molecule has 0 aliphatic rings. The molecule has 0 radical (unpaired) electrons. The maximum Gasteiger partial charge on any atom is 0.240 e. The molecule has 0 bridgehead atoms. The number of aliphatic hydroxyl groups excluding tert-OH is 1. The first kappa shape index (κ1) is 14.9. The highest BCUT2D eigenvalue weighted by molar-refractivity contribution is 7.89. The zero-order chi connectivity index (χ0) is 13.8. The van der Waals surface area contributed by atoms with Crippen LogP contribution in [0.4, 0.5) is 5.69 Å². The predicted molar refractivity (Wildman–Crippen MR) is 71.7 cm³/mol. The fourth-order valence-electron chi connectivity index (χ4n) is 1.43. The largest absolute Gasteiger partial charge is 0.398 e. The van der Waals surface area contributed by atoms with Crippen LogP contribution in [0.25, 0.3) is 0 Å². The Kier molecular flexibility index (Phi) is 5.13. The second kappa shape index (κ2) is 6.17. The molecule has 0 heterocycles. The maximum absolute atomic E-state index is 11.9. The zero-order valence-electron chi connectivity index (χ0n) is 10.7. The van der Waals surface area contributed by atoms with E-state index in [1.807, 2.05) is 13.8 Å². The Balaban J connectivity index is 2.71. The minimum absolute atomic E-state index is 0.150. The Labute approximate surface area is 108 Å². The standard InChI is InChI=1S/C12H20N2O3S/c1-3-10(15)6-7-14-18(16,17)11-5-4-9(2)12(13)8-11/h4-5,8,10,14-15H,3,6-7,13H2,1-2H3.